The van der Waals surface area contributed by atoms with Crippen molar-refractivity contribution < 1.29 is 18.0 Å². The molecule has 2 amide bonds. The average Bonchev–Trinajstić information content (AvgIpc) is 2.44. The fourth-order valence-electron chi connectivity index (χ4n) is 1.81. The van der Waals surface area contributed by atoms with E-state index in [0.717, 1.165) is 12.7 Å². The highest BCUT2D eigenvalue weighted by Crippen LogP contribution is 2.15. The van der Waals surface area contributed by atoms with Crippen LogP contribution >= 0.6 is 0 Å². The zero-order valence-electron chi connectivity index (χ0n) is 13.1. The molecule has 7 heteroatoms. The van der Waals surface area contributed by atoms with Gasteiger partial charge in [-0.25, -0.2) is 8.42 Å². The lowest BCUT2D eigenvalue weighted by Gasteiger charge is -2.09. The summed E-state index contributed by atoms with van der Waals surface area (Å²) in [5, 5.41) is 5.35. The van der Waals surface area contributed by atoms with Crippen LogP contribution in [0.4, 0.5) is 0 Å². The number of sulfone groups is 1. The van der Waals surface area contributed by atoms with Crippen molar-refractivity contribution in [2.45, 2.75) is 31.6 Å². The van der Waals surface area contributed by atoms with Crippen molar-refractivity contribution in [3.63, 3.8) is 0 Å². The Kier molecular flexibility index (Phi) is 6.55. The third-order valence-corrected chi connectivity index (χ3v) is 4.20. The van der Waals surface area contributed by atoms with Crippen LogP contribution in [0.25, 0.3) is 0 Å². The zero-order valence-corrected chi connectivity index (χ0v) is 13.9. The Morgan fingerprint density at radius 1 is 1.14 bits per heavy atom. The number of nitrogens with one attached hydrogen (secondary N) is 2. The number of aryl methyl sites for hydroxylation is 1. The third kappa shape index (κ3) is 5.48. The summed E-state index contributed by atoms with van der Waals surface area (Å²) in [6.45, 7) is 4.51. The number of rotatable bonds is 7. The molecule has 0 aromatic heterocycles. The van der Waals surface area contributed by atoms with E-state index in [2.05, 4.69) is 10.6 Å². The molecular weight excluding hydrogens is 304 g/mol. The quantitative estimate of drug-likeness (QED) is 0.783. The van der Waals surface area contributed by atoms with E-state index < -0.39 is 9.84 Å². The van der Waals surface area contributed by atoms with Gasteiger partial charge in [0.15, 0.2) is 9.84 Å². The molecule has 0 aliphatic heterocycles. The maximum Gasteiger partial charge on any atom is 0.251 e. The van der Waals surface area contributed by atoms with Crippen LogP contribution < -0.4 is 10.6 Å². The molecule has 1 rings (SSSR count). The number of carbonyl (C=O) groups is 2. The van der Waals surface area contributed by atoms with Crippen LogP contribution in [0.2, 0.25) is 0 Å². The molecule has 1 aromatic rings. The van der Waals surface area contributed by atoms with E-state index in [-0.39, 0.29) is 29.7 Å². The average molecular weight is 326 g/mol. The molecule has 0 atom stereocenters. The van der Waals surface area contributed by atoms with Crippen molar-refractivity contribution in [3.05, 3.63) is 29.3 Å². The Balaban J connectivity index is 2.68. The molecular formula is C15H22N2O4S. The molecule has 0 bridgehead atoms. The molecule has 0 aliphatic carbocycles. The van der Waals surface area contributed by atoms with Crippen molar-refractivity contribution in [1.82, 2.24) is 10.6 Å². The fraction of sp³-hybridized carbons (Fsp3) is 0.467. The minimum absolute atomic E-state index is 0.101. The predicted molar refractivity (Wildman–Crippen MR) is 84.5 cm³/mol. The van der Waals surface area contributed by atoms with E-state index in [1.807, 2.05) is 6.92 Å². The van der Waals surface area contributed by atoms with Crippen molar-refractivity contribution in [3.8, 4) is 0 Å². The van der Waals surface area contributed by atoms with Crippen LogP contribution in [-0.4, -0.2) is 39.6 Å². The summed E-state index contributed by atoms with van der Waals surface area (Å²) in [7, 11) is -3.36. The summed E-state index contributed by atoms with van der Waals surface area (Å²) >= 11 is 0. The molecule has 22 heavy (non-hydrogen) atoms. The van der Waals surface area contributed by atoms with E-state index in [9.17, 15) is 18.0 Å². The summed E-state index contributed by atoms with van der Waals surface area (Å²) in [6.07, 6.45) is 2.14. The summed E-state index contributed by atoms with van der Waals surface area (Å²) < 4.78 is 23.1. The second-order valence-corrected chi connectivity index (χ2v) is 7.12. The number of amides is 2. The van der Waals surface area contributed by atoms with E-state index in [1.54, 1.807) is 13.0 Å². The first kappa shape index (κ1) is 18.2. The monoisotopic (exact) mass is 326 g/mol. The molecule has 0 saturated heterocycles. The van der Waals surface area contributed by atoms with Crippen molar-refractivity contribution in [2.75, 3.05) is 19.3 Å². The Morgan fingerprint density at radius 3 is 2.41 bits per heavy atom. The molecule has 0 fully saturated rings. The van der Waals surface area contributed by atoms with Gasteiger partial charge in [-0.05, 0) is 31.0 Å². The van der Waals surface area contributed by atoms with Gasteiger partial charge in [0, 0.05) is 31.3 Å². The molecule has 0 spiro atoms. The maximum absolute atomic E-state index is 12.1. The minimum atomic E-state index is -3.36. The van der Waals surface area contributed by atoms with Crippen LogP contribution in [0.15, 0.2) is 23.1 Å². The first-order valence-electron chi connectivity index (χ1n) is 7.11. The van der Waals surface area contributed by atoms with Crippen molar-refractivity contribution in [2.24, 2.45) is 0 Å². The normalized spacial score (nSPS) is 11.0. The van der Waals surface area contributed by atoms with Gasteiger partial charge in [-0.15, -0.1) is 0 Å². The third-order valence-electron chi connectivity index (χ3n) is 3.09. The second-order valence-electron chi connectivity index (χ2n) is 5.10. The standard InChI is InChI=1S/C15H22N2O4S/c1-4-8-16-14(18)7-9-17-15(19)13-10-12(22(3,20)21)6-5-11(13)2/h5-6,10H,4,7-9H2,1-3H3,(H,16,18)(H,17,19). The van der Waals surface area contributed by atoms with Crippen LogP contribution in [-0.2, 0) is 14.6 Å². The molecule has 1 aromatic carbocycles. The van der Waals surface area contributed by atoms with Crippen LogP contribution in [0.3, 0.4) is 0 Å². The highest BCUT2D eigenvalue weighted by atomic mass is 32.2. The van der Waals surface area contributed by atoms with Gasteiger partial charge in [0.05, 0.1) is 4.90 Å². The highest BCUT2D eigenvalue weighted by molar-refractivity contribution is 7.90. The Labute approximate surface area is 131 Å². The van der Waals surface area contributed by atoms with Gasteiger partial charge in [-0.3, -0.25) is 9.59 Å². The second kappa shape index (κ2) is 7.93. The van der Waals surface area contributed by atoms with Gasteiger partial charge in [-0.1, -0.05) is 13.0 Å². The SMILES string of the molecule is CCCNC(=O)CCNC(=O)c1cc(S(C)(=O)=O)ccc1C. The fourth-order valence-corrected chi connectivity index (χ4v) is 2.46. The van der Waals surface area contributed by atoms with Gasteiger partial charge in [0.25, 0.3) is 5.91 Å². The molecule has 0 saturated carbocycles. The van der Waals surface area contributed by atoms with Crippen molar-refractivity contribution in [1.29, 1.82) is 0 Å². The Hall–Kier alpha value is -1.89. The first-order chi connectivity index (χ1) is 10.3. The first-order valence-corrected chi connectivity index (χ1v) is 9.00. The number of hydrogen-bond acceptors (Lipinski definition) is 4. The Bertz CT molecular complexity index is 654. The molecule has 0 aliphatic rings. The van der Waals surface area contributed by atoms with Crippen LogP contribution in [0, 0.1) is 6.92 Å². The molecule has 0 heterocycles. The molecule has 6 nitrogen and oxygen atoms in total. The number of carbonyl (C=O) groups excluding carboxylic acids is 2. The lowest BCUT2D eigenvalue weighted by atomic mass is 10.1. The van der Waals surface area contributed by atoms with E-state index in [0.29, 0.717) is 17.7 Å². The van der Waals surface area contributed by atoms with Gasteiger partial charge in [0.2, 0.25) is 5.91 Å². The van der Waals surface area contributed by atoms with E-state index >= 15 is 0 Å². The highest BCUT2D eigenvalue weighted by Gasteiger charge is 2.14. The minimum Gasteiger partial charge on any atom is -0.356 e. The topological polar surface area (TPSA) is 92.3 Å². The summed E-state index contributed by atoms with van der Waals surface area (Å²) in [6, 6.07) is 4.43. The lowest BCUT2D eigenvalue weighted by molar-refractivity contribution is -0.120. The van der Waals surface area contributed by atoms with E-state index in [1.165, 1.54) is 12.1 Å². The smallest absolute Gasteiger partial charge is 0.251 e. The van der Waals surface area contributed by atoms with Gasteiger partial charge in [-0.2, -0.15) is 0 Å². The summed E-state index contributed by atoms with van der Waals surface area (Å²) in [4.78, 5) is 23.6. The lowest BCUT2D eigenvalue weighted by Crippen LogP contribution is -2.31. The van der Waals surface area contributed by atoms with E-state index in [4.69, 9.17) is 0 Å². The molecule has 0 radical (unpaired) electrons. The molecule has 2 N–H and O–H groups in total. The largest absolute Gasteiger partial charge is 0.356 e. The van der Waals surface area contributed by atoms with Gasteiger partial charge < -0.3 is 10.6 Å². The van der Waals surface area contributed by atoms with Crippen molar-refractivity contribution >= 4 is 21.7 Å². The Morgan fingerprint density at radius 2 is 1.82 bits per heavy atom. The zero-order chi connectivity index (χ0) is 16.8. The van der Waals surface area contributed by atoms with Gasteiger partial charge in [0.1, 0.15) is 0 Å². The summed E-state index contributed by atoms with van der Waals surface area (Å²) in [5.74, 6) is -0.505. The summed E-state index contributed by atoms with van der Waals surface area (Å²) in [5.41, 5.74) is 0.984. The molecule has 122 valence electrons. The number of benzene rings is 1. The van der Waals surface area contributed by atoms with Crippen LogP contribution in [0.5, 0.6) is 0 Å². The van der Waals surface area contributed by atoms with Crippen LogP contribution in [0.1, 0.15) is 35.7 Å². The molecule has 0 unspecified atom stereocenters. The van der Waals surface area contributed by atoms with Gasteiger partial charge >= 0.3 is 0 Å². The predicted octanol–water partition coefficient (Wildman–Crippen LogP) is 1.04. The maximum atomic E-state index is 12.1. The number of hydrogen-bond donors (Lipinski definition) is 2.